The Morgan fingerprint density at radius 2 is 2.29 bits per heavy atom. The monoisotopic (exact) mass is 421 g/mol. The molecule has 1 saturated heterocycles. The maximum absolute atomic E-state index is 12.4. The van der Waals surface area contributed by atoms with Crippen LogP contribution in [0, 0.1) is 11.3 Å². The number of aromatic nitrogens is 2. The van der Waals surface area contributed by atoms with Crippen molar-refractivity contribution in [2.75, 3.05) is 19.7 Å². The lowest BCUT2D eigenvalue weighted by Gasteiger charge is -2.18. The average Bonchev–Trinajstić information content (AvgIpc) is 2.96. The lowest BCUT2D eigenvalue weighted by molar-refractivity contribution is -0.132. The fourth-order valence-electron chi connectivity index (χ4n) is 3.51. The van der Waals surface area contributed by atoms with Crippen LogP contribution in [-0.4, -0.2) is 47.3 Å². The molecule has 9 heteroatoms. The van der Waals surface area contributed by atoms with E-state index in [9.17, 15) is 14.9 Å². The number of benzene rings is 1. The summed E-state index contributed by atoms with van der Waals surface area (Å²) in [5.74, 6) is -0.699. The lowest BCUT2D eigenvalue weighted by Crippen LogP contribution is -2.46. The SMILES string of the molecule is Cn1c(=O)oc2ccc(-c3ccc(C[C@@H](C#N)NC(=O)[C@@H]4CNCCCO4)cn3)cc21. The van der Waals surface area contributed by atoms with Gasteiger partial charge in [-0.2, -0.15) is 5.26 Å². The number of hydrogen-bond donors (Lipinski definition) is 2. The fourth-order valence-corrected chi connectivity index (χ4v) is 3.51. The Kier molecular flexibility index (Phi) is 6.11. The van der Waals surface area contributed by atoms with Crippen LogP contribution in [0.25, 0.3) is 22.4 Å². The standard InChI is InChI=1S/C22H23N5O4/c1-27-18-10-15(4-6-19(18)31-22(27)29)17-5-3-14(12-25-17)9-16(11-23)26-21(28)20-13-24-7-2-8-30-20/h3-6,10,12,16,20,24H,2,7-9,13H2,1H3,(H,26,28)/t16-,20-/m0/s1. The number of rotatable bonds is 5. The average molecular weight is 421 g/mol. The molecule has 0 spiro atoms. The number of carbonyl (C=O) groups excluding carboxylic acids is 1. The van der Waals surface area contributed by atoms with E-state index in [1.807, 2.05) is 24.3 Å². The summed E-state index contributed by atoms with van der Waals surface area (Å²) in [6.45, 7) is 1.77. The largest absolute Gasteiger partial charge is 0.419 e. The van der Waals surface area contributed by atoms with Crippen molar-refractivity contribution in [1.29, 1.82) is 5.26 Å². The summed E-state index contributed by atoms with van der Waals surface area (Å²) in [4.78, 5) is 28.6. The van der Waals surface area contributed by atoms with Gasteiger partial charge in [-0.05, 0) is 42.8 Å². The van der Waals surface area contributed by atoms with Crippen molar-refractivity contribution in [1.82, 2.24) is 20.2 Å². The molecule has 1 aliphatic heterocycles. The number of oxazole rings is 1. The number of fused-ring (bicyclic) bond motifs is 1. The van der Waals surface area contributed by atoms with Crippen molar-refractivity contribution in [2.24, 2.45) is 7.05 Å². The fraction of sp³-hybridized carbons (Fsp3) is 0.364. The Balaban J connectivity index is 1.43. The van der Waals surface area contributed by atoms with Crippen molar-refractivity contribution in [3.8, 4) is 17.3 Å². The molecule has 0 radical (unpaired) electrons. The van der Waals surface area contributed by atoms with E-state index in [0.717, 1.165) is 29.8 Å². The predicted octanol–water partition coefficient (Wildman–Crippen LogP) is 1.12. The van der Waals surface area contributed by atoms with Crippen LogP contribution in [0.5, 0.6) is 0 Å². The summed E-state index contributed by atoms with van der Waals surface area (Å²) in [5.41, 5.74) is 3.62. The zero-order valence-corrected chi connectivity index (χ0v) is 17.1. The normalized spacial score (nSPS) is 17.6. The number of amides is 1. The first-order chi connectivity index (χ1) is 15.0. The van der Waals surface area contributed by atoms with Crippen molar-refractivity contribution in [2.45, 2.75) is 25.0 Å². The number of nitriles is 1. The van der Waals surface area contributed by atoms with Crippen LogP contribution < -0.4 is 16.4 Å². The van der Waals surface area contributed by atoms with E-state index in [0.29, 0.717) is 30.7 Å². The van der Waals surface area contributed by atoms with E-state index < -0.39 is 17.9 Å². The summed E-state index contributed by atoms with van der Waals surface area (Å²) >= 11 is 0. The number of carbonyl (C=O) groups is 1. The topological polar surface area (TPSA) is 122 Å². The Hall–Kier alpha value is -3.48. The van der Waals surface area contributed by atoms with Crippen LogP contribution >= 0.6 is 0 Å². The van der Waals surface area contributed by atoms with E-state index in [-0.39, 0.29) is 5.91 Å². The highest BCUT2D eigenvalue weighted by Gasteiger charge is 2.23. The second kappa shape index (κ2) is 9.12. The van der Waals surface area contributed by atoms with Gasteiger partial charge in [0.1, 0.15) is 12.1 Å². The van der Waals surface area contributed by atoms with Gasteiger partial charge >= 0.3 is 5.76 Å². The quantitative estimate of drug-likeness (QED) is 0.633. The molecule has 9 nitrogen and oxygen atoms in total. The van der Waals surface area contributed by atoms with Gasteiger partial charge in [0.25, 0.3) is 5.91 Å². The van der Waals surface area contributed by atoms with Gasteiger partial charge in [-0.25, -0.2) is 4.79 Å². The van der Waals surface area contributed by atoms with Gasteiger partial charge in [-0.3, -0.25) is 14.3 Å². The summed E-state index contributed by atoms with van der Waals surface area (Å²) in [7, 11) is 1.65. The number of nitrogens with one attached hydrogen (secondary N) is 2. The number of nitrogens with zero attached hydrogens (tertiary/aromatic N) is 3. The second-order valence-electron chi connectivity index (χ2n) is 7.47. The molecule has 160 valence electrons. The molecule has 1 aliphatic rings. The molecule has 0 saturated carbocycles. The molecule has 1 fully saturated rings. The first kappa shape index (κ1) is 20.8. The molecule has 0 unspecified atom stereocenters. The van der Waals surface area contributed by atoms with Gasteiger partial charge in [-0.1, -0.05) is 6.07 Å². The summed E-state index contributed by atoms with van der Waals surface area (Å²) < 4.78 is 12.1. The molecule has 0 aliphatic carbocycles. The van der Waals surface area contributed by atoms with Crippen molar-refractivity contribution in [3.63, 3.8) is 0 Å². The molecule has 1 aromatic carbocycles. The number of aryl methyl sites for hydroxylation is 1. The van der Waals surface area contributed by atoms with E-state index in [1.54, 1.807) is 19.3 Å². The van der Waals surface area contributed by atoms with Gasteiger partial charge in [0.05, 0.1) is 17.3 Å². The number of pyridine rings is 1. The zero-order chi connectivity index (χ0) is 21.8. The molecule has 0 bridgehead atoms. The second-order valence-corrected chi connectivity index (χ2v) is 7.47. The smallest absolute Gasteiger partial charge is 0.408 e. The summed E-state index contributed by atoms with van der Waals surface area (Å²) in [5, 5.41) is 15.4. The van der Waals surface area contributed by atoms with Gasteiger partial charge in [0.2, 0.25) is 0 Å². The Morgan fingerprint density at radius 1 is 1.42 bits per heavy atom. The minimum Gasteiger partial charge on any atom is -0.408 e. The van der Waals surface area contributed by atoms with Gasteiger partial charge in [-0.15, -0.1) is 0 Å². The molecular weight excluding hydrogens is 398 g/mol. The molecule has 31 heavy (non-hydrogen) atoms. The van der Waals surface area contributed by atoms with E-state index >= 15 is 0 Å². The molecule has 2 aromatic heterocycles. The summed E-state index contributed by atoms with van der Waals surface area (Å²) in [6.07, 6.45) is 2.29. The van der Waals surface area contributed by atoms with Crippen LogP contribution in [0.1, 0.15) is 12.0 Å². The third-order valence-corrected chi connectivity index (χ3v) is 5.26. The van der Waals surface area contributed by atoms with Crippen molar-refractivity contribution < 1.29 is 13.9 Å². The van der Waals surface area contributed by atoms with Crippen LogP contribution in [0.15, 0.2) is 45.7 Å². The molecule has 3 aromatic rings. The van der Waals surface area contributed by atoms with Crippen LogP contribution in [0.2, 0.25) is 0 Å². The number of hydrogen-bond acceptors (Lipinski definition) is 7. The van der Waals surface area contributed by atoms with Gasteiger partial charge in [0.15, 0.2) is 5.58 Å². The molecular formula is C22H23N5O4. The van der Waals surface area contributed by atoms with Crippen LogP contribution in [-0.2, 0) is 23.0 Å². The minimum absolute atomic E-state index is 0.287. The van der Waals surface area contributed by atoms with Crippen LogP contribution in [0.4, 0.5) is 0 Å². The predicted molar refractivity (Wildman–Crippen MR) is 113 cm³/mol. The first-order valence-corrected chi connectivity index (χ1v) is 10.1. The molecule has 2 N–H and O–H groups in total. The molecule has 2 atom stereocenters. The van der Waals surface area contributed by atoms with E-state index in [4.69, 9.17) is 9.15 Å². The van der Waals surface area contributed by atoms with E-state index in [1.165, 1.54) is 4.57 Å². The molecule has 1 amide bonds. The maximum atomic E-state index is 12.4. The highest BCUT2D eigenvalue weighted by Crippen LogP contribution is 2.22. The Labute approximate surface area is 178 Å². The highest BCUT2D eigenvalue weighted by molar-refractivity contribution is 5.82. The Morgan fingerprint density at radius 3 is 3.06 bits per heavy atom. The first-order valence-electron chi connectivity index (χ1n) is 10.1. The number of ether oxygens (including phenoxy) is 1. The third kappa shape index (κ3) is 4.66. The van der Waals surface area contributed by atoms with Gasteiger partial charge in [0, 0.05) is 38.4 Å². The van der Waals surface area contributed by atoms with E-state index in [2.05, 4.69) is 21.7 Å². The molecule has 4 rings (SSSR count). The lowest BCUT2D eigenvalue weighted by atomic mass is 10.1. The highest BCUT2D eigenvalue weighted by atomic mass is 16.5. The maximum Gasteiger partial charge on any atom is 0.419 e. The molecule has 3 heterocycles. The van der Waals surface area contributed by atoms with Crippen molar-refractivity contribution >= 4 is 17.0 Å². The minimum atomic E-state index is -0.677. The van der Waals surface area contributed by atoms with Gasteiger partial charge < -0.3 is 19.8 Å². The Bertz CT molecular complexity index is 1170. The van der Waals surface area contributed by atoms with Crippen molar-refractivity contribution in [3.05, 3.63) is 52.6 Å². The summed E-state index contributed by atoms with van der Waals surface area (Å²) in [6, 6.07) is 10.6. The third-order valence-electron chi connectivity index (χ3n) is 5.26. The van der Waals surface area contributed by atoms with Crippen LogP contribution in [0.3, 0.4) is 0 Å². The zero-order valence-electron chi connectivity index (χ0n) is 17.1.